The van der Waals surface area contributed by atoms with Crippen LogP contribution in [0.1, 0.15) is 60.6 Å². The maximum Gasteiger partial charge on any atom is 0.338 e. The van der Waals surface area contributed by atoms with Gasteiger partial charge in [-0.05, 0) is 42.7 Å². The van der Waals surface area contributed by atoms with Gasteiger partial charge in [-0.3, -0.25) is 0 Å². The van der Waals surface area contributed by atoms with Gasteiger partial charge in [0.2, 0.25) is 5.89 Å². The summed E-state index contributed by atoms with van der Waals surface area (Å²) in [5.74, 6) is -0.622. The van der Waals surface area contributed by atoms with Crippen LogP contribution < -0.4 is 4.90 Å². The van der Waals surface area contributed by atoms with Gasteiger partial charge in [-0.2, -0.15) is 4.98 Å². The highest BCUT2D eigenvalue weighted by atomic mass is 35.5. The molecule has 8 nitrogen and oxygen atoms in total. The standard InChI is InChI=1S/C25H23F2N5O3.ClH/c1-13(2)24-30-22(31-35-24)14-7-9-32(10-8-14)23-20-18(26)6-5-16(21(20)28-12-29-23)15-3-4-17(25(33)34)19(27)11-15;/h3-6,11-14H,7-10H2,1-2H3,(H,33,34);1H. The Labute approximate surface area is 211 Å². The van der Waals surface area contributed by atoms with E-state index >= 15 is 4.39 Å². The van der Waals surface area contributed by atoms with Crippen molar-refractivity contribution >= 4 is 35.1 Å². The number of fused-ring (bicyclic) bond motifs is 1. The van der Waals surface area contributed by atoms with Crippen LogP contribution >= 0.6 is 12.4 Å². The number of hydrogen-bond donors (Lipinski definition) is 1. The van der Waals surface area contributed by atoms with Crippen molar-refractivity contribution in [3.63, 3.8) is 0 Å². The van der Waals surface area contributed by atoms with Gasteiger partial charge in [0.15, 0.2) is 5.82 Å². The molecule has 11 heteroatoms. The van der Waals surface area contributed by atoms with Crippen molar-refractivity contribution in [2.24, 2.45) is 0 Å². The van der Waals surface area contributed by atoms with Crippen LogP contribution in [0.2, 0.25) is 0 Å². The minimum atomic E-state index is -1.35. The van der Waals surface area contributed by atoms with E-state index in [4.69, 9.17) is 9.63 Å². The first-order chi connectivity index (χ1) is 16.8. The number of aromatic carboxylic acids is 1. The van der Waals surface area contributed by atoms with Gasteiger partial charge in [0.25, 0.3) is 0 Å². The molecule has 0 radical (unpaired) electrons. The van der Waals surface area contributed by atoms with Crippen LogP contribution in [0.3, 0.4) is 0 Å². The first kappa shape index (κ1) is 25.4. The third-order valence-electron chi connectivity index (χ3n) is 6.34. The molecule has 1 aliphatic heterocycles. The molecule has 0 aliphatic carbocycles. The van der Waals surface area contributed by atoms with Crippen LogP contribution in [0.4, 0.5) is 14.6 Å². The topological polar surface area (TPSA) is 105 Å². The summed E-state index contributed by atoms with van der Waals surface area (Å²) >= 11 is 0. The molecule has 4 aromatic rings. The molecule has 36 heavy (non-hydrogen) atoms. The van der Waals surface area contributed by atoms with Gasteiger partial charge in [-0.1, -0.05) is 25.1 Å². The summed E-state index contributed by atoms with van der Waals surface area (Å²) < 4.78 is 34.8. The monoisotopic (exact) mass is 515 g/mol. The highest BCUT2D eigenvalue weighted by molar-refractivity contribution is 6.00. The van der Waals surface area contributed by atoms with E-state index in [1.807, 2.05) is 18.7 Å². The third kappa shape index (κ3) is 4.60. The lowest BCUT2D eigenvalue weighted by molar-refractivity contribution is 0.0692. The molecule has 1 saturated heterocycles. The van der Waals surface area contributed by atoms with Crippen molar-refractivity contribution < 1.29 is 23.2 Å². The summed E-state index contributed by atoms with van der Waals surface area (Å²) in [7, 11) is 0. The minimum Gasteiger partial charge on any atom is -0.478 e. The second kappa shape index (κ2) is 10.1. The zero-order valence-corrected chi connectivity index (χ0v) is 20.4. The van der Waals surface area contributed by atoms with E-state index in [1.165, 1.54) is 30.6 Å². The molecular weight excluding hydrogens is 492 g/mol. The second-order valence-electron chi connectivity index (χ2n) is 8.92. The van der Waals surface area contributed by atoms with Gasteiger partial charge in [0.05, 0.1) is 16.5 Å². The lowest BCUT2D eigenvalue weighted by Crippen LogP contribution is -2.34. The Kier molecular flexibility index (Phi) is 7.16. The molecule has 5 rings (SSSR count). The fraction of sp³-hybridized carbons (Fsp3) is 0.320. The lowest BCUT2D eigenvalue weighted by Gasteiger charge is -2.32. The Morgan fingerprint density at radius 3 is 2.50 bits per heavy atom. The fourth-order valence-electron chi connectivity index (χ4n) is 4.45. The summed E-state index contributed by atoms with van der Waals surface area (Å²) in [6, 6.07) is 6.62. The van der Waals surface area contributed by atoms with E-state index in [9.17, 15) is 9.18 Å². The third-order valence-corrected chi connectivity index (χ3v) is 6.34. The first-order valence-electron chi connectivity index (χ1n) is 11.4. The number of nitrogens with zero attached hydrogens (tertiary/aromatic N) is 5. The maximum atomic E-state index is 15.1. The first-order valence-corrected chi connectivity index (χ1v) is 11.4. The van der Waals surface area contributed by atoms with E-state index < -0.39 is 23.2 Å². The molecule has 0 bridgehead atoms. The van der Waals surface area contributed by atoms with E-state index in [0.29, 0.717) is 47.3 Å². The number of aromatic nitrogens is 4. The second-order valence-corrected chi connectivity index (χ2v) is 8.92. The van der Waals surface area contributed by atoms with Crippen LogP contribution in [0, 0.1) is 11.6 Å². The predicted octanol–water partition coefficient (Wildman–Crippen LogP) is 5.59. The summed E-state index contributed by atoms with van der Waals surface area (Å²) in [6.07, 6.45) is 2.88. The molecule has 0 spiro atoms. The number of benzene rings is 2. The SMILES string of the molecule is CC(C)c1nc(C2CCN(c3ncnc4c(-c5ccc(C(=O)O)c(F)c5)ccc(F)c34)CC2)no1.Cl. The number of piperidine rings is 1. The molecule has 2 aromatic heterocycles. The normalized spacial score (nSPS) is 14.3. The molecule has 0 amide bonds. The molecule has 1 fully saturated rings. The van der Waals surface area contributed by atoms with Gasteiger partial charge < -0.3 is 14.5 Å². The highest BCUT2D eigenvalue weighted by Gasteiger charge is 2.28. The number of hydrogen-bond acceptors (Lipinski definition) is 7. The van der Waals surface area contributed by atoms with Crippen molar-refractivity contribution in [1.82, 2.24) is 20.1 Å². The molecular formula is C25H24ClF2N5O3. The lowest BCUT2D eigenvalue weighted by atomic mass is 9.95. The summed E-state index contributed by atoms with van der Waals surface area (Å²) in [5.41, 5.74) is 0.794. The van der Waals surface area contributed by atoms with Gasteiger partial charge in [0.1, 0.15) is 23.8 Å². The van der Waals surface area contributed by atoms with E-state index in [2.05, 4.69) is 20.1 Å². The van der Waals surface area contributed by atoms with Crippen LogP contribution in [-0.2, 0) is 0 Å². The number of carboxylic acid groups (broad SMARTS) is 1. The van der Waals surface area contributed by atoms with Crippen molar-refractivity contribution in [2.45, 2.75) is 38.5 Å². The van der Waals surface area contributed by atoms with Crippen molar-refractivity contribution in [3.05, 3.63) is 65.6 Å². The van der Waals surface area contributed by atoms with Crippen molar-refractivity contribution in [2.75, 3.05) is 18.0 Å². The zero-order chi connectivity index (χ0) is 24.7. The smallest absolute Gasteiger partial charge is 0.338 e. The average molecular weight is 516 g/mol. The number of carboxylic acids is 1. The molecule has 188 valence electrons. The minimum absolute atomic E-state index is 0. The van der Waals surface area contributed by atoms with Gasteiger partial charge in [-0.15, -0.1) is 12.4 Å². The van der Waals surface area contributed by atoms with Gasteiger partial charge >= 0.3 is 5.97 Å². The molecule has 1 N–H and O–H groups in total. The fourth-order valence-corrected chi connectivity index (χ4v) is 4.45. The predicted molar refractivity (Wildman–Crippen MR) is 132 cm³/mol. The van der Waals surface area contributed by atoms with Crippen LogP contribution in [0.25, 0.3) is 22.0 Å². The average Bonchev–Trinajstić information content (AvgIpc) is 3.35. The number of rotatable bonds is 5. The molecule has 2 aromatic carbocycles. The highest BCUT2D eigenvalue weighted by Crippen LogP contribution is 2.36. The van der Waals surface area contributed by atoms with Crippen LogP contribution in [0.5, 0.6) is 0 Å². The van der Waals surface area contributed by atoms with Crippen molar-refractivity contribution in [1.29, 1.82) is 0 Å². The Morgan fingerprint density at radius 2 is 1.86 bits per heavy atom. The van der Waals surface area contributed by atoms with E-state index in [0.717, 1.165) is 18.9 Å². The summed E-state index contributed by atoms with van der Waals surface area (Å²) in [4.78, 5) is 26.4. The number of anilines is 1. The Hall–Kier alpha value is -3.66. The van der Waals surface area contributed by atoms with Crippen LogP contribution in [0.15, 0.2) is 41.2 Å². The molecule has 0 saturated carbocycles. The summed E-state index contributed by atoms with van der Waals surface area (Å²) in [5, 5.41) is 13.5. The number of halogens is 3. The number of carbonyl (C=O) groups is 1. The Balaban J connectivity index is 0.00000304. The Morgan fingerprint density at radius 1 is 1.11 bits per heavy atom. The van der Waals surface area contributed by atoms with E-state index in [1.54, 1.807) is 0 Å². The zero-order valence-electron chi connectivity index (χ0n) is 19.6. The van der Waals surface area contributed by atoms with E-state index in [-0.39, 0.29) is 29.6 Å². The molecule has 3 heterocycles. The van der Waals surface area contributed by atoms with Gasteiger partial charge in [-0.25, -0.2) is 23.5 Å². The van der Waals surface area contributed by atoms with Crippen molar-refractivity contribution in [3.8, 4) is 11.1 Å². The molecule has 1 aliphatic rings. The molecule has 0 unspecified atom stereocenters. The molecule has 0 atom stereocenters. The van der Waals surface area contributed by atoms with Gasteiger partial charge in [0, 0.05) is 30.5 Å². The summed E-state index contributed by atoms with van der Waals surface area (Å²) in [6.45, 7) is 5.23. The quantitative estimate of drug-likeness (QED) is 0.367. The Bertz CT molecular complexity index is 1420. The maximum absolute atomic E-state index is 15.1. The van der Waals surface area contributed by atoms with Crippen LogP contribution in [-0.4, -0.2) is 44.3 Å². The largest absolute Gasteiger partial charge is 0.478 e.